The van der Waals surface area contributed by atoms with Gasteiger partial charge in [-0.05, 0) is 31.3 Å². The number of esters is 1. The minimum Gasteiger partial charge on any atom is -0.466 e. The minimum atomic E-state index is -0.876. The largest absolute Gasteiger partial charge is 0.466 e. The molecule has 6 heteroatoms. The van der Waals surface area contributed by atoms with Crippen LogP contribution >= 0.6 is 0 Å². The molecule has 6 nitrogen and oxygen atoms in total. The molecule has 5 rings (SSSR count). The molecule has 0 unspecified atom stereocenters. The maximum atomic E-state index is 13.6. The number of ketones is 2. The molecule has 0 radical (unpaired) electrons. The van der Waals surface area contributed by atoms with Crippen LogP contribution in [0, 0.1) is 23.7 Å². The summed E-state index contributed by atoms with van der Waals surface area (Å²) in [4.78, 5) is 39.9. The second-order valence-corrected chi connectivity index (χ2v) is 8.17. The molecular formula is C23H24O6. The highest BCUT2D eigenvalue weighted by Crippen LogP contribution is 2.54. The molecule has 29 heavy (non-hydrogen) atoms. The van der Waals surface area contributed by atoms with E-state index in [1.54, 1.807) is 31.2 Å². The Morgan fingerprint density at radius 2 is 1.76 bits per heavy atom. The summed E-state index contributed by atoms with van der Waals surface area (Å²) < 4.78 is 17.3. The highest BCUT2D eigenvalue weighted by Gasteiger charge is 2.58. The van der Waals surface area contributed by atoms with Gasteiger partial charge in [-0.25, -0.2) is 0 Å². The van der Waals surface area contributed by atoms with E-state index in [2.05, 4.69) is 0 Å². The zero-order chi connectivity index (χ0) is 20.2. The third-order valence-corrected chi connectivity index (χ3v) is 6.80. The summed E-state index contributed by atoms with van der Waals surface area (Å²) >= 11 is 0. The number of carbonyl (C=O) groups excluding carboxylic acids is 3. The van der Waals surface area contributed by atoms with Crippen molar-refractivity contribution < 1.29 is 28.6 Å². The summed E-state index contributed by atoms with van der Waals surface area (Å²) in [6.07, 6.45) is 4.14. The molecule has 1 aromatic rings. The average molecular weight is 396 g/mol. The average Bonchev–Trinajstić information content (AvgIpc) is 3.20. The summed E-state index contributed by atoms with van der Waals surface area (Å²) in [6, 6.07) is 6.92. The van der Waals surface area contributed by atoms with Gasteiger partial charge in [0.25, 0.3) is 0 Å². The number of benzene rings is 1. The number of hydrogen-bond donors (Lipinski definition) is 0. The molecule has 4 aliphatic rings. The van der Waals surface area contributed by atoms with Crippen LogP contribution in [0.1, 0.15) is 46.9 Å². The molecule has 1 aromatic carbocycles. The molecule has 0 aromatic heterocycles. The Bertz CT molecular complexity index is 910. The first kappa shape index (κ1) is 18.7. The van der Waals surface area contributed by atoms with Crippen molar-refractivity contribution in [3.8, 4) is 0 Å². The number of hydrogen-bond acceptors (Lipinski definition) is 6. The molecule has 4 atom stereocenters. The predicted molar refractivity (Wildman–Crippen MR) is 102 cm³/mol. The first-order chi connectivity index (χ1) is 14.1. The predicted octanol–water partition coefficient (Wildman–Crippen LogP) is 2.96. The molecule has 0 amide bonds. The zero-order valence-corrected chi connectivity index (χ0v) is 16.4. The van der Waals surface area contributed by atoms with Crippen LogP contribution in [0.5, 0.6) is 0 Å². The molecule has 1 aliphatic heterocycles. The summed E-state index contributed by atoms with van der Waals surface area (Å²) in [5.41, 5.74) is 1.71. The molecule has 3 aliphatic carbocycles. The zero-order valence-electron chi connectivity index (χ0n) is 16.4. The van der Waals surface area contributed by atoms with Crippen molar-refractivity contribution in [1.29, 1.82) is 0 Å². The second-order valence-electron chi connectivity index (χ2n) is 8.17. The third kappa shape index (κ3) is 2.66. The van der Waals surface area contributed by atoms with Gasteiger partial charge < -0.3 is 14.2 Å². The van der Waals surface area contributed by atoms with Crippen molar-refractivity contribution in [1.82, 2.24) is 0 Å². The van der Waals surface area contributed by atoms with Crippen molar-refractivity contribution in [3.05, 3.63) is 47.0 Å². The Kier molecular flexibility index (Phi) is 4.44. The summed E-state index contributed by atoms with van der Waals surface area (Å²) in [7, 11) is 0. The molecule has 1 saturated heterocycles. The van der Waals surface area contributed by atoms with Gasteiger partial charge in [0.05, 0.1) is 25.7 Å². The normalized spacial score (nSPS) is 32.2. The van der Waals surface area contributed by atoms with E-state index in [-0.39, 0.29) is 24.1 Å². The van der Waals surface area contributed by atoms with E-state index in [4.69, 9.17) is 14.2 Å². The van der Waals surface area contributed by atoms with E-state index in [9.17, 15) is 14.4 Å². The Morgan fingerprint density at radius 1 is 1.10 bits per heavy atom. The van der Waals surface area contributed by atoms with Crippen LogP contribution in [0.15, 0.2) is 35.9 Å². The quantitative estimate of drug-likeness (QED) is 0.565. The van der Waals surface area contributed by atoms with Crippen molar-refractivity contribution >= 4 is 17.5 Å². The molecule has 1 spiro atoms. The van der Waals surface area contributed by atoms with Crippen molar-refractivity contribution in [2.75, 3.05) is 19.8 Å². The van der Waals surface area contributed by atoms with E-state index >= 15 is 0 Å². The van der Waals surface area contributed by atoms with Crippen LogP contribution < -0.4 is 0 Å². The summed E-state index contributed by atoms with van der Waals surface area (Å²) in [5, 5.41) is 0. The van der Waals surface area contributed by atoms with Crippen LogP contribution in [0.25, 0.3) is 0 Å². The fraction of sp³-hybridized carbons (Fsp3) is 0.522. The van der Waals surface area contributed by atoms with Crippen LogP contribution in [-0.2, 0) is 19.0 Å². The number of Topliss-reactive ketones (excluding diaryl/α,β-unsaturated/α-hetero) is 2. The lowest BCUT2D eigenvalue weighted by atomic mass is 9.56. The van der Waals surface area contributed by atoms with Gasteiger partial charge in [0.1, 0.15) is 0 Å². The molecule has 0 bridgehead atoms. The summed E-state index contributed by atoms with van der Waals surface area (Å²) in [6.45, 7) is 2.93. The lowest BCUT2D eigenvalue weighted by molar-refractivity contribution is -0.157. The lowest BCUT2D eigenvalue weighted by Gasteiger charge is -2.49. The number of fused-ring (bicyclic) bond motifs is 5. The van der Waals surface area contributed by atoms with Crippen LogP contribution in [0.3, 0.4) is 0 Å². The van der Waals surface area contributed by atoms with Crippen LogP contribution in [0.2, 0.25) is 0 Å². The van der Waals surface area contributed by atoms with E-state index in [0.29, 0.717) is 30.8 Å². The molecule has 2 fully saturated rings. The fourth-order valence-electron chi connectivity index (χ4n) is 5.69. The van der Waals surface area contributed by atoms with Gasteiger partial charge in [-0.3, -0.25) is 14.4 Å². The van der Waals surface area contributed by atoms with Gasteiger partial charge in [0.2, 0.25) is 0 Å². The third-order valence-electron chi connectivity index (χ3n) is 6.80. The van der Waals surface area contributed by atoms with Crippen LogP contribution in [0.4, 0.5) is 0 Å². The van der Waals surface area contributed by atoms with Crippen molar-refractivity contribution in [3.63, 3.8) is 0 Å². The monoisotopic (exact) mass is 396 g/mol. The highest BCUT2D eigenvalue weighted by atomic mass is 16.7. The minimum absolute atomic E-state index is 0.0647. The fourth-order valence-corrected chi connectivity index (χ4v) is 5.69. The van der Waals surface area contributed by atoms with E-state index in [0.717, 1.165) is 18.4 Å². The first-order valence-electron chi connectivity index (χ1n) is 10.4. The van der Waals surface area contributed by atoms with E-state index in [1.807, 2.05) is 6.08 Å². The van der Waals surface area contributed by atoms with Crippen molar-refractivity contribution in [2.45, 2.75) is 32.0 Å². The van der Waals surface area contributed by atoms with Gasteiger partial charge in [-0.15, -0.1) is 0 Å². The van der Waals surface area contributed by atoms with Crippen LogP contribution in [-0.4, -0.2) is 43.1 Å². The van der Waals surface area contributed by atoms with E-state index < -0.39 is 29.5 Å². The van der Waals surface area contributed by atoms with E-state index in [1.165, 1.54) is 0 Å². The Balaban J connectivity index is 1.68. The SMILES string of the molecule is CCOC(=O)[C@H]1C=C2[C@@H](CCCC23OCCO3)[C@H]2C(=O)c3ccccc3C(=O)[C@H]21. The Hall–Kier alpha value is -2.31. The highest BCUT2D eigenvalue weighted by molar-refractivity contribution is 6.17. The Morgan fingerprint density at radius 3 is 2.41 bits per heavy atom. The van der Waals surface area contributed by atoms with Gasteiger partial charge in [-0.2, -0.15) is 0 Å². The molecule has 0 N–H and O–H groups in total. The molecule has 152 valence electrons. The van der Waals surface area contributed by atoms with Gasteiger partial charge in [0, 0.05) is 29.4 Å². The van der Waals surface area contributed by atoms with Gasteiger partial charge in [-0.1, -0.05) is 30.3 Å². The smallest absolute Gasteiger partial charge is 0.313 e. The first-order valence-corrected chi connectivity index (χ1v) is 10.4. The number of carbonyl (C=O) groups is 3. The molecule has 1 heterocycles. The molecule has 1 saturated carbocycles. The summed E-state index contributed by atoms with van der Waals surface area (Å²) in [5.74, 6) is -3.84. The van der Waals surface area contributed by atoms with Gasteiger partial charge >= 0.3 is 5.97 Å². The number of rotatable bonds is 2. The van der Waals surface area contributed by atoms with Gasteiger partial charge in [0.15, 0.2) is 17.4 Å². The number of ether oxygens (including phenoxy) is 3. The van der Waals surface area contributed by atoms with Crippen molar-refractivity contribution in [2.24, 2.45) is 23.7 Å². The standard InChI is InChI=1S/C23H24O6/c1-2-27-22(26)16-12-17-15(8-5-9-23(17)28-10-11-29-23)18-19(16)21(25)14-7-4-3-6-13(14)20(18)24/h3-4,6-7,12,15-16,18-19H,2,5,8-11H2,1H3/t15-,16+,18-,19+/m1/s1. The second kappa shape index (κ2) is 6.89. The maximum absolute atomic E-state index is 13.6. The Labute approximate surface area is 169 Å². The lowest BCUT2D eigenvalue weighted by Crippen LogP contribution is -2.54. The molecular weight excluding hydrogens is 372 g/mol. The maximum Gasteiger partial charge on any atom is 0.313 e. The topological polar surface area (TPSA) is 78.9 Å².